The fraction of sp³-hybridized carbons (Fsp3) is 0.167. The lowest BCUT2D eigenvalue weighted by molar-refractivity contribution is 0.768. The van der Waals surface area contributed by atoms with Crippen LogP contribution in [-0.2, 0) is 7.05 Å². The van der Waals surface area contributed by atoms with Gasteiger partial charge in [0.05, 0.1) is 21.9 Å². The maximum atomic E-state index is 4.32. The molecule has 0 unspecified atom stereocenters. The van der Waals surface area contributed by atoms with Crippen LogP contribution in [0.2, 0.25) is 0 Å². The molecule has 0 aliphatic heterocycles. The number of hydrogen-bond acceptors (Lipinski definition) is 3. The van der Waals surface area contributed by atoms with E-state index in [1.807, 2.05) is 29.6 Å². The van der Waals surface area contributed by atoms with E-state index in [0.717, 1.165) is 11.1 Å². The first-order valence-electron chi connectivity index (χ1n) is 5.07. The van der Waals surface area contributed by atoms with E-state index >= 15 is 0 Å². The van der Waals surface area contributed by atoms with Gasteiger partial charge in [0.1, 0.15) is 0 Å². The van der Waals surface area contributed by atoms with Crippen molar-refractivity contribution < 1.29 is 0 Å². The molecule has 0 aliphatic rings. The number of hydrogen-bond donors (Lipinski definition) is 0. The van der Waals surface area contributed by atoms with Crippen molar-refractivity contribution in [3.8, 4) is 11.1 Å². The van der Waals surface area contributed by atoms with Gasteiger partial charge in [-0.3, -0.25) is 4.68 Å². The summed E-state index contributed by atoms with van der Waals surface area (Å²) >= 11 is 1.69. The zero-order chi connectivity index (χ0) is 11.1. The third-order valence-corrected chi connectivity index (χ3v) is 3.73. The monoisotopic (exact) mass is 229 g/mol. The third-order valence-electron chi connectivity index (χ3n) is 2.76. The first-order valence-corrected chi connectivity index (χ1v) is 5.95. The SMILES string of the molecule is Cc1c(-c2cnn(C)c2)ccc2ncsc12. The highest BCUT2D eigenvalue weighted by molar-refractivity contribution is 7.17. The van der Waals surface area contributed by atoms with Crippen LogP contribution in [0.5, 0.6) is 0 Å². The molecule has 0 saturated carbocycles. The molecular formula is C12H11N3S. The van der Waals surface area contributed by atoms with E-state index in [0.29, 0.717) is 0 Å². The highest BCUT2D eigenvalue weighted by Gasteiger charge is 2.08. The lowest BCUT2D eigenvalue weighted by Gasteiger charge is -2.03. The summed E-state index contributed by atoms with van der Waals surface area (Å²) in [6.07, 6.45) is 3.93. The van der Waals surface area contributed by atoms with E-state index in [9.17, 15) is 0 Å². The largest absolute Gasteiger partial charge is 0.275 e. The highest BCUT2D eigenvalue weighted by atomic mass is 32.1. The van der Waals surface area contributed by atoms with Gasteiger partial charge in [0.25, 0.3) is 0 Å². The molecule has 1 aromatic carbocycles. The first kappa shape index (κ1) is 9.54. The van der Waals surface area contributed by atoms with Crippen LogP contribution in [0.15, 0.2) is 30.0 Å². The third kappa shape index (κ3) is 1.34. The van der Waals surface area contributed by atoms with E-state index < -0.39 is 0 Å². The molecule has 0 saturated heterocycles. The second kappa shape index (κ2) is 3.42. The Hall–Kier alpha value is -1.68. The molecule has 80 valence electrons. The van der Waals surface area contributed by atoms with Crippen LogP contribution >= 0.6 is 11.3 Å². The highest BCUT2D eigenvalue weighted by Crippen LogP contribution is 2.30. The zero-order valence-electron chi connectivity index (χ0n) is 9.14. The quantitative estimate of drug-likeness (QED) is 0.642. The molecule has 0 bridgehead atoms. The fourth-order valence-corrected chi connectivity index (χ4v) is 2.74. The second-order valence-corrected chi connectivity index (χ2v) is 4.70. The maximum absolute atomic E-state index is 4.32. The minimum Gasteiger partial charge on any atom is -0.275 e. The number of fused-ring (bicyclic) bond motifs is 1. The molecule has 3 rings (SSSR count). The molecule has 3 nitrogen and oxygen atoms in total. The summed E-state index contributed by atoms with van der Waals surface area (Å²) in [6.45, 7) is 2.14. The predicted octanol–water partition coefficient (Wildman–Crippen LogP) is 3.01. The molecule has 0 amide bonds. The normalized spacial score (nSPS) is 11.1. The molecule has 3 aromatic rings. The van der Waals surface area contributed by atoms with Gasteiger partial charge in [0.15, 0.2) is 0 Å². The van der Waals surface area contributed by atoms with Crippen molar-refractivity contribution in [3.63, 3.8) is 0 Å². The van der Waals surface area contributed by atoms with Crippen molar-refractivity contribution in [1.29, 1.82) is 0 Å². The van der Waals surface area contributed by atoms with Gasteiger partial charge < -0.3 is 0 Å². The van der Waals surface area contributed by atoms with Gasteiger partial charge in [-0.2, -0.15) is 5.10 Å². The van der Waals surface area contributed by atoms with Gasteiger partial charge in [-0.1, -0.05) is 6.07 Å². The van der Waals surface area contributed by atoms with Gasteiger partial charge in [-0.05, 0) is 24.1 Å². The minimum atomic E-state index is 1.08. The Kier molecular flexibility index (Phi) is 2.04. The number of benzene rings is 1. The summed E-state index contributed by atoms with van der Waals surface area (Å²) in [5.41, 5.74) is 6.66. The van der Waals surface area contributed by atoms with Gasteiger partial charge in [-0.25, -0.2) is 4.98 Å². The minimum absolute atomic E-state index is 1.08. The molecule has 16 heavy (non-hydrogen) atoms. The molecular weight excluding hydrogens is 218 g/mol. The summed E-state index contributed by atoms with van der Waals surface area (Å²) < 4.78 is 3.09. The van der Waals surface area contributed by atoms with Crippen LogP contribution in [0.1, 0.15) is 5.56 Å². The average Bonchev–Trinajstić information content (AvgIpc) is 2.87. The van der Waals surface area contributed by atoms with E-state index in [1.165, 1.54) is 15.8 Å². The zero-order valence-corrected chi connectivity index (χ0v) is 9.95. The Balaban J connectivity index is 2.27. The standard InChI is InChI=1S/C12H11N3S/c1-8-10(9-5-14-15(2)6-9)3-4-11-12(8)16-7-13-11/h3-7H,1-2H3. The van der Waals surface area contributed by atoms with Crippen LogP contribution < -0.4 is 0 Å². The van der Waals surface area contributed by atoms with Crippen LogP contribution in [0.25, 0.3) is 21.3 Å². The Labute approximate surface area is 97.4 Å². The Morgan fingerprint density at radius 3 is 2.94 bits per heavy atom. The molecule has 4 heteroatoms. The molecule has 0 fully saturated rings. The molecule has 2 heterocycles. The van der Waals surface area contributed by atoms with Crippen LogP contribution in [-0.4, -0.2) is 14.8 Å². The molecule has 2 aromatic heterocycles. The van der Waals surface area contributed by atoms with E-state index in [2.05, 4.69) is 29.1 Å². The number of thiazole rings is 1. The number of aryl methyl sites for hydroxylation is 2. The number of aromatic nitrogens is 3. The summed E-state index contributed by atoms with van der Waals surface area (Å²) in [5.74, 6) is 0. The maximum Gasteiger partial charge on any atom is 0.0815 e. The van der Waals surface area contributed by atoms with Crippen molar-refractivity contribution in [2.24, 2.45) is 7.05 Å². The van der Waals surface area contributed by atoms with Crippen molar-refractivity contribution in [1.82, 2.24) is 14.8 Å². The van der Waals surface area contributed by atoms with Crippen molar-refractivity contribution in [2.45, 2.75) is 6.92 Å². The first-order chi connectivity index (χ1) is 7.75. The van der Waals surface area contributed by atoms with Crippen LogP contribution in [0.3, 0.4) is 0 Å². The average molecular weight is 229 g/mol. The van der Waals surface area contributed by atoms with Gasteiger partial charge in [0.2, 0.25) is 0 Å². The van der Waals surface area contributed by atoms with Crippen LogP contribution in [0.4, 0.5) is 0 Å². The van der Waals surface area contributed by atoms with Crippen molar-refractivity contribution in [3.05, 3.63) is 35.6 Å². The Bertz CT molecular complexity index is 651. The lowest BCUT2D eigenvalue weighted by atomic mass is 10.0. The van der Waals surface area contributed by atoms with Gasteiger partial charge in [-0.15, -0.1) is 11.3 Å². The van der Waals surface area contributed by atoms with Gasteiger partial charge in [0, 0.05) is 18.8 Å². The molecule has 0 N–H and O–H groups in total. The summed E-state index contributed by atoms with van der Waals surface area (Å²) in [6, 6.07) is 4.19. The second-order valence-electron chi connectivity index (χ2n) is 3.84. The summed E-state index contributed by atoms with van der Waals surface area (Å²) in [5, 5.41) is 4.21. The topological polar surface area (TPSA) is 30.7 Å². The molecule has 0 radical (unpaired) electrons. The molecule has 0 atom stereocenters. The Morgan fingerprint density at radius 2 is 2.19 bits per heavy atom. The summed E-state index contributed by atoms with van der Waals surface area (Å²) in [7, 11) is 1.93. The fourth-order valence-electron chi connectivity index (χ4n) is 1.94. The van der Waals surface area contributed by atoms with E-state index in [4.69, 9.17) is 0 Å². The smallest absolute Gasteiger partial charge is 0.0815 e. The summed E-state index contributed by atoms with van der Waals surface area (Å²) in [4.78, 5) is 4.32. The number of rotatable bonds is 1. The van der Waals surface area contributed by atoms with Crippen molar-refractivity contribution >= 4 is 21.6 Å². The van der Waals surface area contributed by atoms with Gasteiger partial charge >= 0.3 is 0 Å². The number of nitrogens with zero attached hydrogens (tertiary/aromatic N) is 3. The lowest BCUT2D eigenvalue weighted by Crippen LogP contribution is -1.85. The molecule has 0 spiro atoms. The molecule has 0 aliphatic carbocycles. The Morgan fingerprint density at radius 1 is 1.31 bits per heavy atom. The van der Waals surface area contributed by atoms with Crippen LogP contribution in [0, 0.1) is 6.92 Å². The van der Waals surface area contributed by atoms with E-state index in [-0.39, 0.29) is 0 Å². The predicted molar refractivity (Wildman–Crippen MR) is 66.6 cm³/mol. The van der Waals surface area contributed by atoms with Crippen molar-refractivity contribution in [2.75, 3.05) is 0 Å². The van der Waals surface area contributed by atoms with E-state index in [1.54, 1.807) is 11.3 Å².